The molecule has 0 aliphatic carbocycles. The van der Waals surface area contributed by atoms with Crippen LogP contribution in [0.4, 0.5) is 0 Å². The van der Waals surface area contributed by atoms with E-state index < -0.39 is 0 Å². The minimum absolute atomic E-state index is 0. The molecule has 0 amide bonds. The van der Waals surface area contributed by atoms with Gasteiger partial charge in [-0.1, -0.05) is 211 Å². The maximum absolute atomic E-state index is 12.4. The second kappa shape index (κ2) is 18.7. The average Bonchev–Trinajstić information content (AvgIpc) is 3.77. The first-order chi connectivity index (χ1) is 32.2. The predicted octanol–water partition coefficient (Wildman–Crippen LogP) is 15.2. The van der Waals surface area contributed by atoms with E-state index in [1.54, 1.807) is 0 Å². The minimum Gasteiger partial charge on any atom is -0.507 e. The van der Waals surface area contributed by atoms with Crippen molar-refractivity contribution in [2.75, 3.05) is 0 Å². The Kier molecular flexibility index (Phi) is 11.9. The van der Waals surface area contributed by atoms with Crippen LogP contribution in [0.2, 0.25) is 0 Å². The van der Waals surface area contributed by atoms with Crippen LogP contribution in [-0.4, -0.2) is 19.6 Å². The summed E-state index contributed by atoms with van der Waals surface area (Å²) in [7, 11) is 0. The fourth-order valence-electron chi connectivity index (χ4n) is 9.02. The Labute approximate surface area is 399 Å². The molecule has 0 saturated heterocycles. The number of rotatable bonds is 10. The van der Waals surface area contributed by atoms with Gasteiger partial charge in [-0.25, -0.2) is 4.98 Å². The molecule has 0 atom stereocenters. The van der Waals surface area contributed by atoms with Crippen molar-refractivity contribution in [2.24, 2.45) is 0 Å². The van der Waals surface area contributed by atoms with Crippen LogP contribution < -0.4 is 0 Å². The van der Waals surface area contributed by atoms with Crippen LogP contribution in [0.5, 0.6) is 5.75 Å². The van der Waals surface area contributed by atoms with Crippen molar-refractivity contribution >= 4 is 11.0 Å². The van der Waals surface area contributed by atoms with Crippen molar-refractivity contribution in [1.29, 1.82) is 0 Å². The van der Waals surface area contributed by atoms with E-state index in [0.717, 1.165) is 95.6 Å². The molecule has 0 aliphatic heterocycles. The molecule has 9 aromatic carbocycles. The maximum Gasteiger partial charge on any atom is 0.148 e. The number of phenols is 1. The molecule has 0 saturated carbocycles. The standard InChI is InChI=1S/C61H42N3O.Pt/c65-60-54(47-27-14-5-15-28-47)32-17-33-55(60)61-63-58-51(29-18-34-57(58)64(61)59-52(45-23-10-3-11-24-45)30-16-31-53(59)46-25-12-4-13-26-46)49-38-43(37-42-19-6-1-7-20-42)39-50(40-49)56-41-48(35-36-62-56)44-21-8-2-9-22-44;/h1-36,38-39,41,65H,37H2;/q-1;. The molecule has 11 aromatic rings. The van der Waals surface area contributed by atoms with Gasteiger partial charge < -0.3 is 5.11 Å². The van der Waals surface area contributed by atoms with E-state index in [1.807, 2.05) is 72.9 Å². The van der Waals surface area contributed by atoms with E-state index in [-0.39, 0.29) is 26.8 Å². The van der Waals surface area contributed by atoms with E-state index in [0.29, 0.717) is 11.4 Å². The smallest absolute Gasteiger partial charge is 0.148 e. The van der Waals surface area contributed by atoms with Crippen molar-refractivity contribution < 1.29 is 26.2 Å². The summed E-state index contributed by atoms with van der Waals surface area (Å²) in [6, 6.07) is 83.4. The second-order valence-corrected chi connectivity index (χ2v) is 16.2. The van der Waals surface area contributed by atoms with Gasteiger partial charge in [0, 0.05) is 49.6 Å². The predicted molar refractivity (Wildman–Crippen MR) is 267 cm³/mol. The zero-order chi connectivity index (χ0) is 43.5. The number of hydrogen-bond acceptors (Lipinski definition) is 3. The third kappa shape index (κ3) is 8.20. The SMILES string of the molecule is Oc1c(-c2ccccc2)cccc1-c1nc2c(-c3[c-]c(-c4cc(-c5ccccc5)ccn4)cc(Cc4ccccc4)c3)cccc2n1-c1c(-c2ccccc2)cccc1-c1ccccc1.[Pt]. The number of fused-ring (bicyclic) bond motifs is 1. The molecule has 2 aromatic heterocycles. The second-order valence-electron chi connectivity index (χ2n) is 16.2. The van der Waals surface area contributed by atoms with Crippen molar-refractivity contribution in [3.8, 4) is 89.7 Å². The number of pyridine rings is 1. The van der Waals surface area contributed by atoms with Crippen LogP contribution in [0.3, 0.4) is 0 Å². The topological polar surface area (TPSA) is 50.9 Å². The van der Waals surface area contributed by atoms with Gasteiger partial charge in [0.2, 0.25) is 0 Å². The normalized spacial score (nSPS) is 11.0. The Balaban J connectivity index is 0.00000511. The summed E-state index contributed by atoms with van der Waals surface area (Å²) < 4.78 is 2.26. The van der Waals surface area contributed by atoms with Crippen molar-refractivity contribution in [3.63, 3.8) is 0 Å². The molecule has 318 valence electrons. The molecule has 0 radical (unpaired) electrons. The van der Waals surface area contributed by atoms with Crippen LogP contribution in [0.25, 0.3) is 95.0 Å². The number of para-hydroxylation sites is 3. The first-order valence-electron chi connectivity index (χ1n) is 21.9. The molecule has 0 bridgehead atoms. The average molecular weight is 1030 g/mol. The van der Waals surface area contributed by atoms with Crippen LogP contribution in [0, 0.1) is 6.07 Å². The Morgan fingerprint density at radius 2 is 0.924 bits per heavy atom. The Morgan fingerprint density at radius 1 is 0.424 bits per heavy atom. The molecule has 66 heavy (non-hydrogen) atoms. The number of benzene rings is 9. The van der Waals surface area contributed by atoms with Gasteiger partial charge >= 0.3 is 0 Å². The van der Waals surface area contributed by atoms with Crippen molar-refractivity contribution in [2.45, 2.75) is 6.42 Å². The monoisotopic (exact) mass is 1030 g/mol. The maximum atomic E-state index is 12.4. The number of aromatic nitrogens is 3. The Morgan fingerprint density at radius 3 is 1.55 bits per heavy atom. The van der Waals surface area contributed by atoms with E-state index >= 15 is 0 Å². The Hall–Kier alpha value is -7.91. The summed E-state index contributed by atoms with van der Waals surface area (Å²) in [5.74, 6) is 0.791. The number of imidazole rings is 1. The molecule has 0 aliphatic rings. The summed E-state index contributed by atoms with van der Waals surface area (Å²) in [5, 5.41) is 12.4. The van der Waals surface area contributed by atoms with E-state index in [9.17, 15) is 5.11 Å². The van der Waals surface area contributed by atoms with Gasteiger partial charge in [-0.3, -0.25) is 9.55 Å². The zero-order valence-electron chi connectivity index (χ0n) is 35.8. The number of aromatic hydroxyl groups is 1. The summed E-state index contributed by atoms with van der Waals surface area (Å²) in [6.45, 7) is 0. The first-order valence-corrected chi connectivity index (χ1v) is 21.9. The largest absolute Gasteiger partial charge is 0.507 e. The first kappa shape index (κ1) is 42.1. The molecule has 4 nitrogen and oxygen atoms in total. The fraction of sp³-hybridized carbons (Fsp3) is 0.0164. The van der Waals surface area contributed by atoms with Crippen LogP contribution in [-0.2, 0) is 27.5 Å². The van der Waals surface area contributed by atoms with Crippen molar-refractivity contribution in [1.82, 2.24) is 14.5 Å². The molecule has 1 N–H and O–H groups in total. The molecule has 0 fully saturated rings. The van der Waals surface area contributed by atoms with Crippen LogP contribution in [0.1, 0.15) is 11.1 Å². The van der Waals surface area contributed by atoms with Gasteiger partial charge in [-0.05, 0) is 58.0 Å². The number of hydrogen-bond donors (Lipinski definition) is 1. The summed E-state index contributed by atoms with van der Waals surface area (Å²) in [4.78, 5) is 10.6. The van der Waals surface area contributed by atoms with Crippen molar-refractivity contribution in [3.05, 3.63) is 254 Å². The number of phenolic OH excluding ortho intramolecular Hbond substituents is 1. The molecule has 2 heterocycles. The molecular weight excluding hydrogens is 986 g/mol. The van der Waals surface area contributed by atoms with Gasteiger partial charge in [-0.2, -0.15) is 0 Å². The quantitative estimate of drug-likeness (QED) is 0.139. The summed E-state index contributed by atoms with van der Waals surface area (Å²) in [6.07, 6.45) is 2.61. The van der Waals surface area contributed by atoms with Gasteiger partial charge in [0.05, 0.1) is 22.3 Å². The van der Waals surface area contributed by atoms with Gasteiger partial charge in [0.15, 0.2) is 0 Å². The minimum atomic E-state index is 0. The van der Waals surface area contributed by atoms with E-state index in [2.05, 4.69) is 174 Å². The molecule has 11 rings (SSSR count). The molecular formula is C61H42N3OPt-. The fourth-order valence-corrected chi connectivity index (χ4v) is 9.02. The summed E-state index contributed by atoms with van der Waals surface area (Å²) in [5.41, 5.74) is 17.3. The van der Waals surface area contributed by atoms with Gasteiger partial charge in [0.25, 0.3) is 0 Å². The third-order valence-electron chi connectivity index (χ3n) is 12.1. The zero-order valence-corrected chi connectivity index (χ0v) is 38.1. The van der Waals surface area contributed by atoms with E-state index in [1.165, 1.54) is 5.56 Å². The number of nitrogens with zero attached hydrogens (tertiary/aromatic N) is 3. The van der Waals surface area contributed by atoms with Crippen LogP contribution in [0.15, 0.2) is 237 Å². The van der Waals surface area contributed by atoms with Gasteiger partial charge in [-0.15, -0.1) is 29.3 Å². The molecule has 0 unspecified atom stereocenters. The third-order valence-corrected chi connectivity index (χ3v) is 12.1. The molecule has 0 spiro atoms. The molecule has 5 heteroatoms. The Bertz CT molecular complexity index is 3390. The van der Waals surface area contributed by atoms with Crippen LogP contribution >= 0.6 is 0 Å². The van der Waals surface area contributed by atoms with Gasteiger partial charge in [0.1, 0.15) is 11.6 Å². The van der Waals surface area contributed by atoms with E-state index in [4.69, 9.17) is 9.97 Å². The summed E-state index contributed by atoms with van der Waals surface area (Å²) >= 11 is 0.